The Kier molecular flexibility index (Phi) is 2.98. The Morgan fingerprint density at radius 2 is 2.21 bits per heavy atom. The maximum atomic E-state index is 5.64. The number of nitrogens with two attached hydrogens (primary N) is 1. The highest BCUT2D eigenvalue weighted by Crippen LogP contribution is 2.10. The van der Waals surface area contributed by atoms with Gasteiger partial charge in [0.25, 0.3) is 5.95 Å². The summed E-state index contributed by atoms with van der Waals surface area (Å²) >= 11 is 1.54. The molecule has 0 amide bonds. The van der Waals surface area contributed by atoms with E-state index in [4.69, 9.17) is 5.73 Å². The lowest BCUT2D eigenvalue weighted by atomic mass is 10.5. The van der Waals surface area contributed by atoms with Gasteiger partial charge in [0.1, 0.15) is 12.7 Å². The molecule has 0 bridgehead atoms. The van der Waals surface area contributed by atoms with Crippen LogP contribution in [0, 0.1) is 0 Å². The van der Waals surface area contributed by atoms with Crippen LogP contribution in [0.5, 0.6) is 0 Å². The Morgan fingerprint density at radius 1 is 1.26 bits per heavy atom. The van der Waals surface area contributed by atoms with E-state index in [0.717, 1.165) is 4.88 Å². The van der Waals surface area contributed by atoms with E-state index in [0.29, 0.717) is 18.4 Å². The molecule has 0 unspecified atom stereocenters. The van der Waals surface area contributed by atoms with Crippen molar-refractivity contribution in [1.29, 1.82) is 0 Å². The van der Waals surface area contributed by atoms with Gasteiger partial charge in [0.15, 0.2) is 0 Å². The van der Waals surface area contributed by atoms with Gasteiger partial charge in [-0.1, -0.05) is 0 Å². The lowest BCUT2D eigenvalue weighted by Gasteiger charge is -2.05. The fourth-order valence-corrected chi connectivity index (χ4v) is 1.90. The summed E-state index contributed by atoms with van der Waals surface area (Å²) in [6.45, 7) is 0.574. The number of rotatable bonds is 4. The van der Waals surface area contributed by atoms with Crippen LogP contribution in [0.25, 0.3) is 5.95 Å². The Morgan fingerprint density at radius 3 is 2.95 bits per heavy atom. The highest BCUT2D eigenvalue weighted by Gasteiger charge is 2.07. The van der Waals surface area contributed by atoms with Crippen molar-refractivity contribution in [3.63, 3.8) is 0 Å². The van der Waals surface area contributed by atoms with Crippen LogP contribution in [-0.4, -0.2) is 34.7 Å². The summed E-state index contributed by atoms with van der Waals surface area (Å²) < 4.78 is 1.41. The largest absolute Gasteiger partial charge is 0.368 e. The Hall–Kier alpha value is -2.62. The van der Waals surface area contributed by atoms with E-state index in [9.17, 15) is 0 Å². The molecule has 0 saturated heterocycles. The second-order valence-electron chi connectivity index (χ2n) is 3.48. The predicted octanol–water partition coefficient (Wildman–Crippen LogP) is 0.103. The summed E-state index contributed by atoms with van der Waals surface area (Å²) in [5.74, 6) is 0.815. The number of nitrogens with zero attached hydrogens (tertiary/aromatic N) is 7. The Labute approximate surface area is 111 Å². The van der Waals surface area contributed by atoms with Crippen LogP contribution < -0.4 is 11.1 Å². The fraction of sp³-hybridized carbons (Fsp3) is 0.111. The molecule has 3 heterocycles. The van der Waals surface area contributed by atoms with E-state index in [2.05, 4.69) is 35.3 Å². The number of thiazole rings is 1. The van der Waals surface area contributed by atoms with Crippen molar-refractivity contribution in [3.8, 4) is 5.95 Å². The SMILES string of the molecule is Nc1nc(NCc2cncs2)nc(-n2cncn2)n1. The van der Waals surface area contributed by atoms with Crippen LogP contribution in [0.1, 0.15) is 4.88 Å². The molecule has 0 aliphatic rings. The van der Waals surface area contributed by atoms with E-state index in [1.165, 1.54) is 17.3 Å². The smallest absolute Gasteiger partial charge is 0.258 e. The number of hydrogen-bond donors (Lipinski definition) is 2. The van der Waals surface area contributed by atoms with E-state index in [-0.39, 0.29) is 5.95 Å². The van der Waals surface area contributed by atoms with Gasteiger partial charge in [-0.05, 0) is 0 Å². The highest BCUT2D eigenvalue weighted by molar-refractivity contribution is 7.09. The third kappa shape index (κ3) is 2.63. The van der Waals surface area contributed by atoms with Crippen molar-refractivity contribution in [1.82, 2.24) is 34.7 Å². The van der Waals surface area contributed by atoms with Gasteiger partial charge < -0.3 is 11.1 Å². The quantitative estimate of drug-likeness (QED) is 0.688. The molecular formula is C9H9N9S. The minimum Gasteiger partial charge on any atom is -0.368 e. The van der Waals surface area contributed by atoms with E-state index >= 15 is 0 Å². The first-order chi connectivity index (χ1) is 9.31. The van der Waals surface area contributed by atoms with Crippen LogP contribution in [0.4, 0.5) is 11.9 Å². The number of anilines is 2. The molecule has 3 N–H and O–H groups in total. The van der Waals surface area contributed by atoms with E-state index in [1.807, 2.05) is 0 Å². The minimum atomic E-state index is 0.118. The van der Waals surface area contributed by atoms with Gasteiger partial charge in [-0.3, -0.25) is 4.98 Å². The molecule has 0 radical (unpaired) electrons. The number of nitrogens with one attached hydrogen (secondary N) is 1. The van der Waals surface area contributed by atoms with E-state index < -0.39 is 0 Å². The lowest BCUT2D eigenvalue weighted by Crippen LogP contribution is -2.11. The van der Waals surface area contributed by atoms with Crippen molar-refractivity contribution in [3.05, 3.63) is 29.2 Å². The molecule has 0 aromatic carbocycles. The maximum Gasteiger partial charge on any atom is 0.258 e. The molecule has 3 aromatic rings. The van der Waals surface area contributed by atoms with Crippen LogP contribution in [0.3, 0.4) is 0 Å². The second-order valence-corrected chi connectivity index (χ2v) is 4.45. The summed E-state index contributed by atoms with van der Waals surface area (Å²) in [5.41, 5.74) is 7.40. The molecule has 96 valence electrons. The van der Waals surface area contributed by atoms with Crippen molar-refractivity contribution < 1.29 is 0 Å². The standard InChI is InChI=1S/C9H9N9S/c10-7-15-8(13-2-6-1-11-5-19-6)17-9(16-7)18-4-12-3-14-18/h1,3-5H,2H2,(H3,10,13,15,16,17). The van der Waals surface area contributed by atoms with Crippen molar-refractivity contribution in [2.24, 2.45) is 0 Å². The third-order valence-corrected chi connectivity index (χ3v) is 2.95. The Balaban J connectivity index is 1.82. The molecule has 0 fully saturated rings. The van der Waals surface area contributed by atoms with Crippen molar-refractivity contribution >= 4 is 23.2 Å². The van der Waals surface area contributed by atoms with Crippen LogP contribution in [-0.2, 0) is 6.54 Å². The molecule has 3 aromatic heterocycles. The zero-order chi connectivity index (χ0) is 13.1. The summed E-state index contributed by atoms with van der Waals surface area (Å²) in [6.07, 6.45) is 4.66. The van der Waals surface area contributed by atoms with Crippen LogP contribution in [0.2, 0.25) is 0 Å². The first-order valence-electron chi connectivity index (χ1n) is 5.29. The van der Waals surface area contributed by atoms with E-state index in [1.54, 1.807) is 23.0 Å². The van der Waals surface area contributed by atoms with Gasteiger partial charge in [0.2, 0.25) is 11.9 Å². The molecule has 0 atom stereocenters. The second kappa shape index (κ2) is 4.94. The number of nitrogen functional groups attached to an aromatic ring is 1. The third-order valence-electron chi connectivity index (χ3n) is 2.17. The molecule has 0 aliphatic heterocycles. The molecule has 0 aliphatic carbocycles. The molecule has 0 saturated carbocycles. The van der Waals surface area contributed by atoms with Gasteiger partial charge in [0.05, 0.1) is 12.1 Å². The zero-order valence-corrected chi connectivity index (χ0v) is 10.4. The summed E-state index contributed by atoms with van der Waals surface area (Å²) in [4.78, 5) is 21.1. The zero-order valence-electron chi connectivity index (χ0n) is 9.63. The van der Waals surface area contributed by atoms with Gasteiger partial charge >= 0.3 is 0 Å². The Bertz CT molecular complexity index is 648. The van der Waals surface area contributed by atoms with Crippen LogP contribution in [0.15, 0.2) is 24.4 Å². The number of aromatic nitrogens is 7. The average Bonchev–Trinajstić information content (AvgIpc) is 3.09. The monoisotopic (exact) mass is 275 g/mol. The first-order valence-corrected chi connectivity index (χ1v) is 6.17. The summed E-state index contributed by atoms with van der Waals surface area (Å²) in [7, 11) is 0. The molecule has 10 heteroatoms. The first kappa shape index (κ1) is 11.5. The minimum absolute atomic E-state index is 0.118. The fourth-order valence-electron chi connectivity index (χ4n) is 1.37. The summed E-state index contributed by atoms with van der Waals surface area (Å²) in [5, 5.41) is 7.00. The van der Waals surface area contributed by atoms with Crippen LogP contribution >= 0.6 is 11.3 Å². The topological polar surface area (TPSA) is 120 Å². The van der Waals surface area contributed by atoms with Gasteiger partial charge in [0, 0.05) is 11.1 Å². The molecule has 0 spiro atoms. The molecule has 9 nitrogen and oxygen atoms in total. The highest BCUT2D eigenvalue weighted by atomic mass is 32.1. The molecule has 3 rings (SSSR count). The molecular weight excluding hydrogens is 266 g/mol. The normalized spacial score (nSPS) is 10.5. The lowest BCUT2D eigenvalue weighted by molar-refractivity contribution is 0.797. The summed E-state index contributed by atoms with van der Waals surface area (Å²) in [6, 6.07) is 0. The van der Waals surface area contributed by atoms with Gasteiger partial charge in [-0.25, -0.2) is 4.98 Å². The average molecular weight is 275 g/mol. The predicted molar refractivity (Wildman–Crippen MR) is 68.6 cm³/mol. The maximum absolute atomic E-state index is 5.64. The number of hydrogen-bond acceptors (Lipinski definition) is 9. The molecule has 19 heavy (non-hydrogen) atoms. The van der Waals surface area contributed by atoms with Gasteiger partial charge in [-0.2, -0.15) is 24.7 Å². The van der Waals surface area contributed by atoms with Gasteiger partial charge in [-0.15, -0.1) is 11.3 Å². The van der Waals surface area contributed by atoms with Crippen molar-refractivity contribution in [2.45, 2.75) is 6.54 Å². The van der Waals surface area contributed by atoms with Crippen molar-refractivity contribution in [2.75, 3.05) is 11.1 Å².